The van der Waals surface area contributed by atoms with Crippen molar-refractivity contribution in [1.82, 2.24) is 0 Å². The molecule has 4 rings (SSSR count). The van der Waals surface area contributed by atoms with Crippen LogP contribution in [0.5, 0.6) is 0 Å². The fourth-order valence-electron chi connectivity index (χ4n) is 4.43. The molecule has 0 N–H and O–H groups in total. The summed E-state index contributed by atoms with van der Waals surface area (Å²) >= 11 is 0. The standard InChI is InChI=1S/C28H30.C2H6/c1-6-19(4)26(18(2)3)17-27-20(5)11-13-25-24(27)14-12-23-15-21-9-7-8-10-22(21)16-28(23)25;1-2/h7-19H,6H2,1-5H3;1-2H3/b26-17-;. The molecule has 0 radical (unpaired) electrons. The number of aryl methyl sites for hydroxylation is 1. The highest BCUT2D eigenvalue weighted by molar-refractivity contribution is 6.14. The number of fused-ring (bicyclic) bond motifs is 4. The number of rotatable bonds is 4. The summed E-state index contributed by atoms with van der Waals surface area (Å²) in [7, 11) is 0. The van der Waals surface area contributed by atoms with Gasteiger partial charge in [-0.05, 0) is 80.8 Å². The van der Waals surface area contributed by atoms with Crippen LogP contribution in [0.1, 0.15) is 59.1 Å². The maximum Gasteiger partial charge on any atom is -0.00988 e. The predicted molar refractivity (Wildman–Crippen MR) is 137 cm³/mol. The minimum Gasteiger partial charge on any atom is -0.0683 e. The Morgan fingerprint density at radius 2 is 1.40 bits per heavy atom. The van der Waals surface area contributed by atoms with Gasteiger partial charge in [-0.15, -0.1) is 0 Å². The molecule has 0 aliphatic heterocycles. The molecule has 0 heteroatoms. The summed E-state index contributed by atoms with van der Waals surface area (Å²) in [5, 5.41) is 8.00. The van der Waals surface area contributed by atoms with Gasteiger partial charge in [0.05, 0.1) is 0 Å². The van der Waals surface area contributed by atoms with Gasteiger partial charge in [0.2, 0.25) is 0 Å². The molecule has 0 fully saturated rings. The van der Waals surface area contributed by atoms with Gasteiger partial charge in [-0.1, -0.05) is 102 Å². The van der Waals surface area contributed by atoms with E-state index >= 15 is 0 Å². The van der Waals surface area contributed by atoms with E-state index in [-0.39, 0.29) is 0 Å². The first kappa shape index (κ1) is 22.1. The van der Waals surface area contributed by atoms with Crippen LogP contribution >= 0.6 is 0 Å². The van der Waals surface area contributed by atoms with Crippen LogP contribution in [0.2, 0.25) is 0 Å². The lowest BCUT2D eigenvalue weighted by Crippen LogP contribution is -2.05. The van der Waals surface area contributed by atoms with Crippen molar-refractivity contribution in [2.45, 2.75) is 54.9 Å². The normalized spacial score (nSPS) is 13.0. The van der Waals surface area contributed by atoms with Crippen molar-refractivity contribution < 1.29 is 0 Å². The third-order valence-electron chi connectivity index (χ3n) is 6.30. The molecule has 0 bridgehead atoms. The second kappa shape index (κ2) is 9.47. The maximum atomic E-state index is 2.48. The number of hydrogen-bond acceptors (Lipinski definition) is 0. The van der Waals surface area contributed by atoms with Crippen LogP contribution in [0.4, 0.5) is 0 Å². The summed E-state index contributed by atoms with van der Waals surface area (Å²) < 4.78 is 0. The number of allylic oxidation sites excluding steroid dienone is 1. The molecule has 0 spiro atoms. The van der Waals surface area contributed by atoms with Crippen molar-refractivity contribution in [2.24, 2.45) is 11.8 Å². The predicted octanol–water partition coefficient (Wildman–Crippen LogP) is 9.57. The Morgan fingerprint density at radius 1 is 0.767 bits per heavy atom. The molecule has 0 aliphatic carbocycles. The van der Waals surface area contributed by atoms with Crippen LogP contribution in [0.3, 0.4) is 0 Å². The van der Waals surface area contributed by atoms with E-state index in [0.717, 1.165) is 0 Å². The van der Waals surface area contributed by atoms with E-state index in [1.807, 2.05) is 13.8 Å². The van der Waals surface area contributed by atoms with Crippen LogP contribution in [-0.4, -0.2) is 0 Å². The second-order valence-corrected chi connectivity index (χ2v) is 8.49. The lowest BCUT2D eigenvalue weighted by molar-refractivity contribution is 0.574. The Bertz CT molecular complexity index is 1190. The average molecular weight is 397 g/mol. The van der Waals surface area contributed by atoms with Crippen LogP contribution in [0, 0.1) is 18.8 Å². The molecule has 0 heterocycles. The summed E-state index contributed by atoms with van der Waals surface area (Å²) in [6.07, 6.45) is 3.66. The van der Waals surface area contributed by atoms with Crippen molar-refractivity contribution >= 4 is 38.4 Å². The zero-order chi connectivity index (χ0) is 21.8. The third kappa shape index (κ3) is 4.15. The van der Waals surface area contributed by atoms with E-state index in [1.165, 1.54) is 49.9 Å². The minimum absolute atomic E-state index is 0.564. The molecule has 0 saturated heterocycles. The molecule has 4 aromatic carbocycles. The zero-order valence-electron chi connectivity index (χ0n) is 19.7. The van der Waals surface area contributed by atoms with Crippen LogP contribution in [0.25, 0.3) is 38.4 Å². The van der Waals surface area contributed by atoms with Gasteiger partial charge in [-0.2, -0.15) is 0 Å². The van der Waals surface area contributed by atoms with E-state index in [9.17, 15) is 0 Å². The number of hydrogen-bond donors (Lipinski definition) is 0. The van der Waals surface area contributed by atoms with E-state index in [1.54, 1.807) is 5.57 Å². The quantitative estimate of drug-likeness (QED) is 0.238. The molecule has 4 aromatic rings. The van der Waals surface area contributed by atoms with Gasteiger partial charge < -0.3 is 0 Å². The molecule has 0 saturated carbocycles. The minimum atomic E-state index is 0.564. The third-order valence-corrected chi connectivity index (χ3v) is 6.30. The molecule has 1 atom stereocenters. The molecule has 30 heavy (non-hydrogen) atoms. The van der Waals surface area contributed by atoms with Crippen molar-refractivity contribution in [1.29, 1.82) is 0 Å². The van der Waals surface area contributed by atoms with E-state index in [0.29, 0.717) is 11.8 Å². The van der Waals surface area contributed by atoms with Gasteiger partial charge in [0.1, 0.15) is 0 Å². The van der Waals surface area contributed by atoms with Crippen molar-refractivity contribution in [3.63, 3.8) is 0 Å². The highest BCUT2D eigenvalue weighted by Crippen LogP contribution is 2.35. The molecule has 0 aliphatic rings. The van der Waals surface area contributed by atoms with Crippen LogP contribution in [0.15, 0.2) is 66.2 Å². The Morgan fingerprint density at radius 3 is 2.03 bits per heavy atom. The monoisotopic (exact) mass is 396 g/mol. The molecule has 0 amide bonds. The molecular formula is C30H36. The maximum absolute atomic E-state index is 2.48. The van der Waals surface area contributed by atoms with E-state index in [4.69, 9.17) is 0 Å². The van der Waals surface area contributed by atoms with Gasteiger partial charge >= 0.3 is 0 Å². The molecular weight excluding hydrogens is 360 g/mol. The molecule has 0 nitrogen and oxygen atoms in total. The van der Waals surface area contributed by atoms with E-state index in [2.05, 4.69) is 101 Å². The molecule has 1 unspecified atom stereocenters. The summed E-state index contributed by atoms with van der Waals surface area (Å²) in [6, 6.07) is 22.5. The molecule has 156 valence electrons. The SMILES string of the molecule is CC.CCC(C)/C(=C\c1c(C)ccc2c1ccc1cc3ccccc3cc12)C(C)C. The average Bonchev–Trinajstić information content (AvgIpc) is 2.77. The van der Waals surface area contributed by atoms with Gasteiger partial charge in [0.25, 0.3) is 0 Å². The lowest BCUT2D eigenvalue weighted by atomic mass is 9.86. The Labute approximate surface area is 182 Å². The Balaban J connectivity index is 0.00000124. The molecule has 0 aromatic heterocycles. The van der Waals surface area contributed by atoms with Crippen molar-refractivity contribution in [2.75, 3.05) is 0 Å². The van der Waals surface area contributed by atoms with E-state index < -0.39 is 0 Å². The van der Waals surface area contributed by atoms with Crippen LogP contribution < -0.4 is 0 Å². The van der Waals surface area contributed by atoms with Gasteiger partial charge in [-0.25, -0.2) is 0 Å². The topological polar surface area (TPSA) is 0 Å². The summed E-state index contributed by atoms with van der Waals surface area (Å²) in [5.74, 6) is 1.17. The highest BCUT2D eigenvalue weighted by Gasteiger charge is 2.13. The van der Waals surface area contributed by atoms with Gasteiger partial charge in [-0.3, -0.25) is 0 Å². The summed E-state index contributed by atoms with van der Waals surface area (Å²) in [6.45, 7) is 15.5. The number of benzene rings is 4. The van der Waals surface area contributed by atoms with Crippen molar-refractivity contribution in [3.8, 4) is 0 Å². The lowest BCUT2D eigenvalue weighted by Gasteiger charge is -2.20. The first-order valence-corrected chi connectivity index (χ1v) is 11.6. The second-order valence-electron chi connectivity index (χ2n) is 8.49. The summed E-state index contributed by atoms with van der Waals surface area (Å²) in [4.78, 5) is 0. The highest BCUT2D eigenvalue weighted by atomic mass is 14.2. The first-order valence-electron chi connectivity index (χ1n) is 11.6. The van der Waals surface area contributed by atoms with Crippen molar-refractivity contribution in [3.05, 3.63) is 77.4 Å². The Kier molecular flexibility index (Phi) is 6.98. The fourth-order valence-corrected chi connectivity index (χ4v) is 4.43. The zero-order valence-corrected chi connectivity index (χ0v) is 19.7. The Hall–Kier alpha value is -2.60. The smallest absolute Gasteiger partial charge is 0.00988 e. The van der Waals surface area contributed by atoms with Gasteiger partial charge in [0, 0.05) is 0 Å². The first-order chi connectivity index (χ1) is 14.5. The van der Waals surface area contributed by atoms with Gasteiger partial charge in [0.15, 0.2) is 0 Å². The van der Waals surface area contributed by atoms with Crippen LogP contribution in [-0.2, 0) is 0 Å². The largest absolute Gasteiger partial charge is 0.0683 e. The summed E-state index contributed by atoms with van der Waals surface area (Å²) in [5.41, 5.74) is 4.29. The fraction of sp³-hybridized carbons (Fsp3) is 0.333.